The van der Waals surface area contributed by atoms with Gasteiger partial charge in [0, 0.05) is 10.9 Å². The number of carbonyl (C=O) groups is 1. The summed E-state index contributed by atoms with van der Waals surface area (Å²) in [5.74, 6) is -3.29. The zero-order valence-corrected chi connectivity index (χ0v) is 8.64. The van der Waals surface area contributed by atoms with Crippen LogP contribution in [0.4, 0.5) is 8.78 Å². The van der Waals surface area contributed by atoms with E-state index in [9.17, 15) is 13.6 Å². The van der Waals surface area contributed by atoms with Crippen LogP contribution >= 0.6 is 15.9 Å². The van der Waals surface area contributed by atoms with Crippen LogP contribution in [0, 0.1) is 11.6 Å². The predicted octanol–water partition coefficient (Wildman–Crippen LogP) is 2.49. The number of carboxylic acids is 1. The second kappa shape index (κ2) is 4.50. The van der Waals surface area contributed by atoms with Crippen LogP contribution in [0.5, 0.6) is 0 Å². The molecule has 14 heavy (non-hydrogen) atoms. The molecule has 0 saturated heterocycles. The highest BCUT2D eigenvalue weighted by Gasteiger charge is 2.15. The molecule has 0 amide bonds. The highest BCUT2D eigenvalue weighted by atomic mass is 79.9. The topological polar surface area (TPSA) is 37.3 Å². The molecule has 0 aliphatic heterocycles. The minimum atomic E-state index is -1.18. The van der Waals surface area contributed by atoms with Gasteiger partial charge in [-0.2, -0.15) is 0 Å². The summed E-state index contributed by atoms with van der Waals surface area (Å²) in [5.41, 5.74) is 0.348. The highest BCUT2D eigenvalue weighted by Crippen LogP contribution is 2.19. The number of alkyl halides is 1. The first-order chi connectivity index (χ1) is 6.56. The summed E-state index contributed by atoms with van der Waals surface area (Å²) >= 11 is 3.07. The van der Waals surface area contributed by atoms with E-state index in [1.807, 2.05) is 0 Å². The van der Waals surface area contributed by atoms with Gasteiger partial charge in [0.2, 0.25) is 0 Å². The van der Waals surface area contributed by atoms with Crippen LogP contribution in [0.15, 0.2) is 12.1 Å². The SMILES string of the molecule is O=C(O)Cc1c(CBr)ccc(F)c1F. The average Bonchev–Trinajstić information content (AvgIpc) is 2.13. The van der Waals surface area contributed by atoms with Gasteiger partial charge in [-0.3, -0.25) is 4.79 Å². The molecule has 0 aliphatic carbocycles. The zero-order valence-electron chi connectivity index (χ0n) is 7.06. The second-order valence-corrected chi connectivity index (χ2v) is 3.26. The van der Waals surface area contributed by atoms with Gasteiger partial charge in [0.25, 0.3) is 0 Å². The molecule has 1 aromatic carbocycles. The van der Waals surface area contributed by atoms with Crippen molar-refractivity contribution < 1.29 is 18.7 Å². The Morgan fingerprint density at radius 3 is 2.57 bits per heavy atom. The predicted molar refractivity (Wildman–Crippen MR) is 50.3 cm³/mol. The number of hydrogen-bond acceptors (Lipinski definition) is 1. The molecular formula is C9H7BrF2O2. The van der Waals surface area contributed by atoms with Crippen molar-refractivity contribution in [3.05, 3.63) is 34.9 Å². The number of carboxylic acid groups (broad SMARTS) is 1. The van der Waals surface area contributed by atoms with Gasteiger partial charge in [-0.1, -0.05) is 22.0 Å². The van der Waals surface area contributed by atoms with Gasteiger partial charge in [0.05, 0.1) is 6.42 Å². The molecule has 1 N–H and O–H groups in total. The highest BCUT2D eigenvalue weighted by molar-refractivity contribution is 9.08. The molecule has 1 aromatic rings. The van der Waals surface area contributed by atoms with E-state index >= 15 is 0 Å². The Hall–Kier alpha value is -0.970. The minimum Gasteiger partial charge on any atom is -0.481 e. The zero-order chi connectivity index (χ0) is 10.7. The molecule has 0 unspecified atom stereocenters. The molecule has 0 atom stereocenters. The van der Waals surface area contributed by atoms with Crippen LogP contribution in [0.1, 0.15) is 11.1 Å². The first-order valence-electron chi connectivity index (χ1n) is 3.79. The number of halogens is 3. The van der Waals surface area contributed by atoms with E-state index in [2.05, 4.69) is 15.9 Å². The van der Waals surface area contributed by atoms with Gasteiger partial charge in [0.1, 0.15) is 0 Å². The molecule has 0 radical (unpaired) electrons. The maximum atomic E-state index is 13.2. The van der Waals surface area contributed by atoms with Crippen molar-refractivity contribution in [1.29, 1.82) is 0 Å². The van der Waals surface area contributed by atoms with Crippen LogP contribution < -0.4 is 0 Å². The van der Waals surface area contributed by atoms with Crippen LogP contribution in [-0.2, 0) is 16.5 Å². The molecule has 76 valence electrons. The molecule has 5 heteroatoms. The second-order valence-electron chi connectivity index (χ2n) is 2.70. The quantitative estimate of drug-likeness (QED) is 0.852. The minimum absolute atomic E-state index is 0.102. The Balaban J connectivity index is 3.20. The molecule has 0 heterocycles. The van der Waals surface area contributed by atoms with E-state index in [0.717, 1.165) is 6.07 Å². The van der Waals surface area contributed by atoms with Crippen molar-refractivity contribution in [3.8, 4) is 0 Å². The van der Waals surface area contributed by atoms with Crippen molar-refractivity contribution >= 4 is 21.9 Å². The lowest BCUT2D eigenvalue weighted by Crippen LogP contribution is -2.07. The summed E-state index contributed by atoms with van der Waals surface area (Å²) in [7, 11) is 0. The molecule has 0 aliphatic rings. The Kier molecular flexibility index (Phi) is 3.57. The standard InChI is InChI=1S/C9H7BrF2O2/c10-4-5-1-2-7(11)9(12)6(5)3-8(13)14/h1-2H,3-4H2,(H,13,14). The monoisotopic (exact) mass is 264 g/mol. The van der Waals surface area contributed by atoms with Gasteiger partial charge in [-0.05, 0) is 11.6 Å². The average molecular weight is 265 g/mol. The largest absolute Gasteiger partial charge is 0.481 e. The van der Waals surface area contributed by atoms with E-state index in [1.54, 1.807) is 0 Å². The lowest BCUT2D eigenvalue weighted by Gasteiger charge is -2.06. The molecular weight excluding hydrogens is 258 g/mol. The molecule has 2 nitrogen and oxygen atoms in total. The number of aliphatic carboxylic acids is 1. The van der Waals surface area contributed by atoms with E-state index in [-0.39, 0.29) is 5.56 Å². The molecule has 1 rings (SSSR count). The molecule has 0 spiro atoms. The van der Waals surface area contributed by atoms with Crippen molar-refractivity contribution in [2.45, 2.75) is 11.8 Å². The third kappa shape index (κ3) is 2.29. The number of benzene rings is 1. The molecule has 0 aromatic heterocycles. The van der Waals surface area contributed by atoms with E-state index in [1.165, 1.54) is 6.07 Å². The summed E-state index contributed by atoms with van der Waals surface area (Å²) in [6, 6.07) is 2.35. The normalized spacial score (nSPS) is 10.2. The number of rotatable bonds is 3. The lowest BCUT2D eigenvalue weighted by molar-refractivity contribution is -0.136. The van der Waals surface area contributed by atoms with E-state index in [0.29, 0.717) is 10.9 Å². The smallest absolute Gasteiger partial charge is 0.307 e. The summed E-state index contributed by atoms with van der Waals surface area (Å²) in [6.07, 6.45) is -0.509. The van der Waals surface area contributed by atoms with Crippen LogP contribution in [-0.4, -0.2) is 11.1 Å². The molecule has 0 bridgehead atoms. The van der Waals surface area contributed by atoms with Crippen molar-refractivity contribution in [2.24, 2.45) is 0 Å². The molecule has 0 saturated carbocycles. The Labute approximate surface area is 87.7 Å². The van der Waals surface area contributed by atoms with Gasteiger partial charge in [-0.15, -0.1) is 0 Å². The Morgan fingerprint density at radius 1 is 1.43 bits per heavy atom. The van der Waals surface area contributed by atoms with Gasteiger partial charge < -0.3 is 5.11 Å². The fourth-order valence-electron chi connectivity index (χ4n) is 1.10. The summed E-state index contributed by atoms with van der Waals surface area (Å²) in [6.45, 7) is 0. The van der Waals surface area contributed by atoms with E-state index < -0.39 is 24.0 Å². The van der Waals surface area contributed by atoms with Gasteiger partial charge in [-0.25, -0.2) is 8.78 Å². The van der Waals surface area contributed by atoms with Gasteiger partial charge >= 0.3 is 5.97 Å². The maximum absolute atomic E-state index is 13.2. The fourth-order valence-corrected chi connectivity index (χ4v) is 1.63. The van der Waals surface area contributed by atoms with Crippen LogP contribution in [0.25, 0.3) is 0 Å². The third-order valence-corrected chi connectivity index (χ3v) is 2.37. The maximum Gasteiger partial charge on any atom is 0.307 e. The van der Waals surface area contributed by atoms with Crippen LogP contribution in [0.3, 0.4) is 0 Å². The summed E-state index contributed by atoms with van der Waals surface area (Å²) in [5, 5.41) is 8.80. The summed E-state index contributed by atoms with van der Waals surface area (Å²) < 4.78 is 25.9. The lowest BCUT2D eigenvalue weighted by atomic mass is 10.1. The first kappa shape index (κ1) is 11.1. The fraction of sp³-hybridized carbons (Fsp3) is 0.222. The van der Waals surface area contributed by atoms with Crippen molar-refractivity contribution in [2.75, 3.05) is 0 Å². The summed E-state index contributed by atoms with van der Waals surface area (Å²) in [4.78, 5) is 10.4. The van der Waals surface area contributed by atoms with Crippen molar-refractivity contribution in [3.63, 3.8) is 0 Å². The van der Waals surface area contributed by atoms with E-state index in [4.69, 9.17) is 5.11 Å². The van der Waals surface area contributed by atoms with Crippen molar-refractivity contribution in [1.82, 2.24) is 0 Å². The van der Waals surface area contributed by atoms with Crippen LogP contribution in [0.2, 0.25) is 0 Å². The Morgan fingerprint density at radius 2 is 2.07 bits per heavy atom. The third-order valence-electron chi connectivity index (χ3n) is 1.77. The Bertz CT molecular complexity index is 366. The number of hydrogen-bond donors (Lipinski definition) is 1. The van der Waals surface area contributed by atoms with Gasteiger partial charge in [0.15, 0.2) is 11.6 Å². The molecule has 0 fully saturated rings. The first-order valence-corrected chi connectivity index (χ1v) is 4.92.